The highest BCUT2D eigenvalue weighted by Gasteiger charge is 2.34. The van der Waals surface area contributed by atoms with Gasteiger partial charge in [0.2, 0.25) is 5.95 Å². The van der Waals surface area contributed by atoms with E-state index in [0.717, 1.165) is 6.07 Å². The van der Waals surface area contributed by atoms with Gasteiger partial charge in [-0.05, 0) is 35.9 Å². The Labute approximate surface area is 198 Å². The van der Waals surface area contributed by atoms with Gasteiger partial charge in [0.05, 0.1) is 17.9 Å². The lowest BCUT2D eigenvalue weighted by molar-refractivity contribution is -0.118. The van der Waals surface area contributed by atoms with Gasteiger partial charge in [0.1, 0.15) is 17.3 Å². The molecule has 10 heteroatoms. The molecule has 174 valence electrons. The van der Waals surface area contributed by atoms with Gasteiger partial charge in [0, 0.05) is 47.9 Å². The number of anilines is 1. The lowest BCUT2D eigenvalue weighted by atomic mass is 9.99. The summed E-state index contributed by atoms with van der Waals surface area (Å²) in [4.78, 5) is 29.4. The van der Waals surface area contributed by atoms with Gasteiger partial charge in [-0.25, -0.2) is 9.37 Å². The Hall–Kier alpha value is -3.72. The third-order valence-corrected chi connectivity index (χ3v) is 5.87. The molecule has 0 atom stereocenters. The topological polar surface area (TPSA) is 80.8 Å². The van der Waals surface area contributed by atoms with Crippen LogP contribution in [0.15, 0.2) is 48.7 Å². The van der Waals surface area contributed by atoms with Crippen molar-refractivity contribution < 1.29 is 27.8 Å². The van der Waals surface area contributed by atoms with Crippen LogP contribution in [0.3, 0.4) is 0 Å². The van der Waals surface area contributed by atoms with E-state index >= 15 is 0 Å². The molecule has 0 radical (unpaired) electrons. The second-order valence-corrected chi connectivity index (χ2v) is 8.50. The van der Waals surface area contributed by atoms with Crippen molar-refractivity contribution in [1.82, 2.24) is 9.88 Å². The highest BCUT2D eigenvalue weighted by molar-refractivity contribution is 6.31. The Morgan fingerprint density at radius 1 is 1.21 bits per heavy atom. The van der Waals surface area contributed by atoms with Crippen molar-refractivity contribution in [2.45, 2.75) is 0 Å². The van der Waals surface area contributed by atoms with Crippen LogP contribution >= 0.6 is 11.6 Å². The van der Waals surface area contributed by atoms with Crippen LogP contribution in [0.2, 0.25) is 5.02 Å². The number of rotatable bonds is 5. The van der Waals surface area contributed by atoms with Gasteiger partial charge in [0.15, 0.2) is 6.61 Å². The third-order valence-electron chi connectivity index (χ3n) is 5.63. The number of benzene rings is 2. The average molecular weight is 486 g/mol. The van der Waals surface area contributed by atoms with Crippen LogP contribution in [-0.4, -0.2) is 48.0 Å². The summed E-state index contributed by atoms with van der Waals surface area (Å²) in [6.07, 6.45) is 1.36. The zero-order valence-corrected chi connectivity index (χ0v) is 18.4. The number of nitrogens with one attached hydrogen (secondary N) is 1. The van der Waals surface area contributed by atoms with E-state index in [1.807, 2.05) is 0 Å². The number of nitrogens with zero attached hydrogens (tertiary/aromatic N) is 2. The quantitative estimate of drug-likeness (QED) is 0.549. The number of ether oxygens (including phenoxy) is 2. The SMILES string of the molecule is O=C1COc2cc(F)c(C(=O)N3CC(COc4ccc(Cl)cc4-c4ccnc(F)c4)C3)cc2N1. The van der Waals surface area contributed by atoms with E-state index in [4.69, 9.17) is 21.1 Å². The predicted molar refractivity (Wildman–Crippen MR) is 120 cm³/mol. The van der Waals surface area contributed by atoms with Gasteiger partial charge < -0.3 is 19.7 Å². The van der Waals surface area contributed by atoms with Crippen molar-refractivity contribution in [1.29, 1.82) is 0 Å². The maximum absolute atomic E-state index is 14.5. The van der Waals surface area contributed by atoms with Crippen molar-refractivity contribution in [2.24, 2.45) is 5.92 Å². The van der Waals surface area contributed by atoms with E-state index in [9.17, 15) is 18.4 Å². The molecule has 7 nitrogen and oxygen atoms in total. The first kappa shape index (κ1) is 22.1. The molecule has 2 amide bonds. The molecule has 0 unspecified atom stereocenters. The maximum atomic E-state index is 14.5. The number of aromatic nitrogens is 1. The Bertz CT molecular complexity index is 1300. The summed E-state index contributed by atoms with van der Waals surface area (Å²) in [5, 5.41) is 3.05. The van der Waals surface area contributed by atoms with Crippen molar-refractivity contribution in [2.75, 3.05) is 31.6 Å². The van der Waals surface area contributed by atoms with Crippen molar-refractivity contribution in [3.05, 3.63) is 71.0 Å². The molecule has 0 spiro atoms. The highest BCUT2D eigenvalue weighted by atomic mass is 35.5. The van der Waals surface area contributed by atoms with Crippen LogP contribution in [0.5, 0.6) is 11.5 Å². The second kappa shape index (κ2) is 8.90. The second-order valence-electron chi connectivity index (χ2n) is 8.06. The van der Waals surface area contributed by atoms with E-state index in [-0.39, 0.29) is 35.4 Å². The first-order chi connectivity index (χ1) is 16.4. The summed E-state index contributed by atoms with van der Waals surface area (Å²) in [7, 11) is 0. The number of fused-ring (bicyclic) bond motifs is 1. The van der Waals surface area contributed by atoms with Gasteiger partial charge in [0.25, 0.3) is 11.8 Å². The molecular formula is C24H18ClF2N3O4. The third kappa shape index (κ3) is 4.38. The summed E-state index contributed by atoms with van der Waals surface area (Å²) in [6, 6.07) is 10.4. The van der Waals surface area contributed by atoms with E-state index in [1.165, 1.54) is 23.2 Å². The molecule has 2 aliphatic heterocycles. The molecule has 5 rings (SSSR count). The summed E-state index contributed by atoms with van der Waals surface area (Å²) in [5.41, 5.74) is 1.34. The fourth-order valence-electron chi connectivity index (χ4n) is 3.91. The fraction of sp³-hybridized carbons (Fsp3) is 0.208. The van der Waals surface area contributed by atoms with Crippen molar-refractivity contribution >= 4 is 29.1 Å². The van der Waals surface area contributed by atoms with Crippen molar-refractivity contribution in [3.8, 4) is 22.6 Å². The molecular weight excluding hydrogens is 468 g/mol. The molecule has 2 aromatic carbocycles. The largest absolute Gasteiger partial charge is 0.493 e. The van der Waals surface area contributed by atoms with Gasteiger partial charge in [-0.15, -0.1) is 0 Å². The van der Waals surface area contributed by atoms with Crippen LogP contribution in [0.4, 0.5) is 14.5 Å². The van der Waals surface area contributed by atoms with Crippen LogP contribution in [0, 0.1) is 17.7 Å². The van der Waals surface area contributed by atoms with Gasteiger partial charge in [-0.2, -0.15) is 4.39 Å². The number of hydrogen-bond donors (Lipinski definition) is 1. The summed E-state index contributed by atoms with van der Waals surface area (Å²) >= 11 is 6.11. The number of pyridine rings is 1. The summed E-state index contributed by atoms with van der Waals surface area (Å²) < 4.78 is 39.2. The molecule has 1 saturated heterocycles. The van der Waals surface area contributed by atoms with Gasteiger partial charge in [-0.3, -0.25) is 9.59 Å². The molecule has 1 fully saturated rings. The summed E-state index contributed by atoms with van der Waals surface area (Å²) in [6.45, 7) is 0.873. The Morgan fingerprint density at radius 3 is 2.82 bits per heavy atom. The first-order valence-electron chi connectivity index (χ1n) is 10.5. The lowest BCUT2D eigenvalue weighted by Crippen LogP contribution is -2.52. The molecule has 0 saturated carbocycles. The Morgan fingerprint density at radius 2 is 2.03 bits per heavy atom. The van der Waals surface area contributed by atoms with E-state index in [1.54, 1.807) is 24.3 Å². The zero-order chi connectivity index (χ0) is 23.8. The average Bonchev–Trinajstić information content (AvgIpc) is 2.78. The highest BCUT2D eigenvalue weighted by Crippen LogP contribution is 2.34. The normalized spacial score (nSPS) is 15.1. The zero-order valence-electron chi connectivity index (χ0n) is 17.7. The minimum Gasteiger partial charge on any atom is -0.493 e. The maximum Gasteiger partial charge on any atom is 0.262 e. The predicted octanol–water partition coefficient (Wildman–Crippen LogP) is 4.16. The molecule has 1 aromatic heterocycles. The lowest BCUT2D eigenvalue weighted by Gasteiger charge is -2.39. The van der Waals surface area contributed by atoms with Crippen molar-refractivity contribution in [3.63, 3.8) is 0 Å². The monoisotopic (exact) mass is 485 g/mol. The molecule has 34 heavy (non-hydrogen) atoms. The number of amides is 2. The summed E-state index contributed by atoms with van der Waals surface area (Å²) in [5.74, 6) is -1.42. The first-order valence-corrected chi connectivity index (χ1v) is 10.8. The molecule has 0 bridgehead atoms. The number of likely N-dealkylation sites (tertiary alicyclic amines) is 1. The van der Waals surface area contributed by atoms with Crippen LogP contribution in [0.1, 0.15) is 10.4 Å². The number of hydrogen-bond acceptors (Lipinski definition) is 5. The smallest absolute Gasteiger partial charge is 0.262 e. The minimum absolute atomic E-state index is 0.0328. The van der Waals surface area contributed by atoms with E-state index in [0.29, 0.717) is 41.6 Å². The van der Waals surface area contributed by atoms with Gasteiger partial charge >= 0.3 is 0 Å². The van der Waals surface area contributed by atoms with Gasteiger partial charge in [-0.1, -0.05) is 11.6 Å². The molecule has 2 aliphatic rings. The van der Waals surface area contributed by atoms with Crippen LogP contribution in [-0.2, 0) is 4.79 Å². The number of halogens is 3. The number of carbonyl (C=O) groups is 2. The molecule has 0 aliphatic carbocycles. The molecule has 1 N–H and O–H groups in total. The fourth-order valence-corrected chi connectivity index (χ4v) is 4.08. The molecule has 3 aromatic rings. The van der Waals surface area contributed by atoms with Crippen LogP contribution in [0.25, 0.3) is 11.1 Å². The van der Waals surface area contributed by atoms with Crippen LogP contribution < -0.4 is 14.8 Å². The minimum atomic E-state index is -0.713. The number of carbonyl (C=O) groups excluding carboxylic acids is 2. The van der Waals surface area contributed by atoms with E-state index < -0.39 is 17.7 Å². The van der Waals surface area contributed by atoms with E-state index in [2.05, 4.69) is 10.3 Å². The Balaban J connectivity index is 1.23. The Kier molecular flexibility index (Phi) is 5.79. The standard InChI is InChI=1S/C24H18ClF2N3O4/c25-15-1-2-20(16(6-15)14-3-4-28-22(27)5-14)33-11-13-9-30(10-13)24(32)17-7-19-21(8-18(17)26)34-12-23(31)29-19/h1-8,13H,9-12H2,(H,29,31). The molecule has 3 heterocycles.